The number of sulfonamides is 1. The fraction of sp³-hybridized carbons (Fsp3) is 0.585. The Labute approximate surface area is 322 Å². The monoisotopic (exact) mass is 777 g/mol. The van der Waals surface area contributed by atoms with Gasteiger partial charge in [-0.25, -0.2) is 13.4 Å². The van der Waals surface area contributed by atoms with Gasteiger partial charge in [0.1, 0.15) is 17.6 Å². The van der Waals surface area contributed by atoms with Crippen LogP contribution in [0.4, 0.5) is 0 Å². The Morgan fingerprint density at radius 3 is 2.62 bits per heavy atom. The number of carbonyl (C=O) groups is 4. The zero-order valence-electron chi connectivity index (χ0n) is 31.8. The van der Waals surface area contributed by atoms with Crippen molar-refractivity contribution in [2.75, 3.05) is 27.4 Å². The fourth-order valence-corrected chi connectivity index (χ4v) is 9.60. The van der Waals surface area contributed by atoms with Crippen LogP contribution >= 0.6 is 0 Å². The van der Waals surface area contributed by atoms with E-state index in [9.17, 15) is 27.6 Å². The summed E-state index contributed by atoms with van der Waals surface area (Å²) in [5, 5.41) is 0.0881. The number of ketones is 1. The van der Waals surface area contributed by atoms with E-state index in [-0.39, 0.29) is 55.9 Å². The summed E-state index contributed by atoms with van der Waals surface area (Å²) in [7, 11) is -0.760. The quantitative estimate of drug-likeness (QED) is 0.309. The molecule has 1 N–H and O–H groups in total. The summed E-state index contributed by atoms with van der Waals surface area (Å²) < 4.78 is 51.7. The van der Waals surface area contributed by atoms with Crippen molar-refractivity contribution in [1.82, 2.24) is 14.6 Å². The van der Waals surface area contributed by atoms with Crippen molar-refractivity contribution in [2.45, 2.75) is 101 Å². The van der Waals surface area contributed by atoms with E-state index in [2.05, 4.69) is 9.71 Å². The molecular formula is C41H51N3O10S. The van der Waals surface area contributed by atoms with E-state index in [1.165, 1.54) is 12.0 Å². The van der Waals surface area contributed by atoms with Crippen molar-refractivity contribution in [1.29, 1.82) is 0 Å². The third kappa shape index (κ3) is 8.53. The maximum atomic E-state index is 14.6. The maximum absolute atomic E-state index is 14.6. The topological polar surface area (TPSA) is 167 Å². The number of cyclic esters (lactones) is 1. The van der Waals surface area contributed by atoms with Gasteiger partial charge in [-0.05, 0) is 62.8 Å². The molecule has 1 aromatic heterocycles. The number of benzene rings is 1. The molecular weight excluding hydrogens is 727 g/mol. The molecule has 7 rings (SSSR count). The van der Waals surface area contributed by atoms with Crippen LogP contribution in [0.15, 0.2) is 36.4 Å². The van der Waals surface area contributed by atoms with Gasteiger partial charge < -0.3 is 23.8 Å². The molecule has 5 aliphatic rings. The summed E-state index contributed by atoms with van der Waals surface area (Å²) in [6, 6.07) is 4.44. The Morgan fingerprint density at radius 2 is 1.85 bits per heavy atom. The van der Waals surface area contributed by atoms with Crippen LogP contribution in [0.25, 0.3) is 17.0 Å². The van der Waals surface area contributed by atoms with E-state index in [0.717, 1.165) is 24.8 Å². The summed E-state index contributed by atoms with van der Waals surface area (Å²) in [5.41, 5.74) is 0.109. The van der Waals surface area contributed by atoms with Crippen molar-refractivity contribution in [2.24, 2.45) is 23.2 Å². The lowest BCUT2D eigenvalue weighted by molar-refractivity contribution is -0.151. The molecule has 14 heteroatoms. The van der Waals surface area contributed by atoms with Gasteiger partial charge >= 0.3 is 5.97 Å². The summed E-state index contributed by atoms with van der Waals surface area (Å²) in [6.07, 6.45) is 12.5. The molecule has 3 aliphatic heterocycles. The second kappa shape index (κ2) is 16.0. The number of methoxy groups -OCH3 is 2. The number of fused-ring (bicyclic) bond motifs is 4. The van der Waals surface area contributed by atoms with Gasteiger partial charge in [-0.2, -0.15) is 0 Å². The molecule has 1 saturated heterocycles. The number of Topliss-reactive ketones (excluding diaryl/α,β-unsaturated/α-hetero) is 1. The van der Waals surface area contributed by atoms with Gasteiger partial charge in [0, 0.05) is 41.8 Å². The summed E-state index contributed by atoms with van der Waals surface area (Å²) >= 11 is 0. The van der Waals surface area contributed by atoms with Crippen LogP contribution in [0, 0.1) is 23.2 Å². The fourth-order valence-electron chi connectivity index (χ4n) is 8.22. The average Bonchev–Trinajstić information content (AvgIpc) is 4.09. The third-order valence-electron chi connectivity index (χ3n) is 11.7. The molecule has 2 aliphatic carbocycles. The normalized spacial score (nSPS) is 30.5. The standard InChI is InChI=1S/C41H51N3O10S/c1-25-10-9-12-26-16-31-32(19-35(26)51-2)42-37(52-3)20-36(31)54-29-18-33-34(45)22-41(40(48)43-55(49,50)30-14-15-30)21-28(41)13-8-6-4-5-7-11-27(17-38(46)53-24-25)39(47)44(33)23-29/h8-9,12-13,16,19-20,25,27-30,33H,4-7,10-11,14-15,17-18,21-24H2,1-3H3,(H,43,48)/b12-9+,13-8-/t25-,27+,28-,29+,33-,41+/m0/s1. The SMILES string of the molecule is COc1cc2c3cc(c(OC)cc3n1)/C=C/C[C@H](C)COC(=O)C[C@H]1CCCCC/C=C\[C@H]3C[C@@]3(C(=O)NS(=O)(=O)C3CC3)CC(=O)[C@@H]3C[C@H](CN3C1=O)O2. The summed E-state index contributed by atoms with van der Waals surface area (Å²) in [6.45, 7) is 2.23. The molecule has 4 heterocycles. The molecule has 0 spiro atoms. The first kappa shape index (κ1) is 38.8. The van der Waals surface area contributed by atoms with Crippen LogP contribution in [-0.4, -0.2) is 86.6 Å². The number of carbonyl (C=O) groups excluding carboxylic acids is 4. The Balaban J connectivity index is 1.27. The van der Waals surface area contributed by atoms with Gasteiger partial charge in [-0.3, -0.25) is 23.9 Å². The predicted molar refractivity (Wildman–Crippen MR) is 204 cm³/mol. The number of ether oxygens (including phenoxy) is 4. The van der Waals surface area contributed by atoms with Gasteiger partial charge in [0.15, 0.2) is 5.78 Å². The molecule has 0 unspecified atom stereocenters. The third-order valence-corrected chi connectivity index (χ3v) is 13.5. The molecule has 296 valence electrons. The highest BCUT2D eigenvalue weighted by molar-refractivity contribution is 7.90. The minimum absolute atomic E-state index is 0.00316. The Bertz CT molecular complexity index is 2010. The first-order chi connectivity index (χ1) is 26.4. The van der Waals surface area contributed by atoms with Gasteiger partial charge in [-0.15, -0.1) is 0 Å². The molecule has 2 amide bonds. The summed E-state index contributed by atoms with van der Waals surface area (Å²) in [4.78, 5) is 62.5. The largest absolute Gasteiger partial charge is 0.496 e. The zero-order valence-corrected chi connectivity index (χ0v) is 32.6. The van der Waals surface area contributed by atoms with Crippen molar-refractivity contribution in [3.8, 4) is 17.4 Å². The molecule has 1 aromatic carbocycles. The van der Waals surface area contributed by atoms with Crippen LogP contribution in [0.2, 0.25) is 0 Å². The molecule has 55 heavy (non-hydrogen) atoms. The van der Waals surface area contributed by atoms with Gasteiger partial charge in [-0.1, -0.05) is 44.1 Å². The van der Waals surface area contributed by atoms with Crippen molar-refractivity contribution in [3.63, 3.8) is 0 Å². The molecule has 3 fully saturated rings. The van der Waals surface area contributed by atoms with Gasteiger partial charge in [0.05, 0.1) is 56.0 Å². The Kier molecular flexibility index (Phi) is 11.3. The minimum Gasteiger partial charge on any atom is -0.496 e. The second-order valence-corrected chi connectivity index (χ2v) is 17.9. The van der Waals surface area contributed by atoms with E-state index in [4.69, 9.17) is 18.9 Å². The van der Waals surface area contributed by atoms with Gasteiger partial charge in [0.2, 0.25) is 27.7 Å². The van der Waals surface area contributed by atoms with Crippen LogP contribution in [0.3, 0.4) is 0 Å². The number of hydrogen-bond donors (Lipinski definition) is 1. The van der Waals surface area contributed by atoms with E-state index in [1.54, 1.807) is 19.2 Å². The molecule has 0 radical (unpaired) electrons. The number of amides is 2. The Hall–Kier alpha value is -4.46. The number of hydrogen-bond acceptors (Lipinski definition) is 11. The second-order valence-electron chi connectivity index (χ2n) is 15.9. The highest BCUT2D eigenvalue weighted by Gasteiger charge is 2.61. The first-order valence-electron chi connectivity index (χ1n) is 19.5. The zero-order chi connectivity index (χ0) is 38.9. The predicted octanol–water partition coefficient (Wildman–Crippen LogP) is 5.30. The number of rotatable bonds is 5. The Morgan fingerprint density at radius 1 is 1.04 bits per heavy atom. The van der Waals surface area contributed by atoms with E-state index in [1.807, 2.05) is 37.3 Å². The number of nitrogens with zero attached hydrogens (tertiary/aromatic N) is 2. The highest BCUT2D eigenvalue weighted by atomic mass is 32.2. The lowest BCUT2D eigenvalue weighted by Gasteiger charge is -2.29. The van der Waals surface area contributed by atoms with Crippen LogP contribution in [0.1, 0.15) is 89.5 Å². The maximum Gasteiger partial charge on any atom is 0.306 e. The van der Waals surface area contributed by atoms with E-state index < -0.39 is 50.6 Å². The molecule has 5 bridgehead atoms. The molecule has 2 saturated carbocycles. The van der Waals surface area contributed by atoms with Crippen LogP contribution in [-0.2, 0) is 33.9 Å². The molecule has 2 aromatic rings. The van der Waals surface area contributed by atoms with E-state index in [0.29, 0.717) is 66.8 Å². The number of esters is 1. The lowest BCUT2D eigenvalue weighted by atomic mass is 9.90. The minimum atomic E-state index is -3.85. The van der Waals surface area contributed by atoms with Crippen molar-refractivity contribution in [3.05, 3.63) is 42.0 Å². The van der Waals surface area contributed by atoms with Crippen LogP contribution < -0.4 is 18.9 Å². The summed E-state index contributed by atoms with van der Waals surface area (Å²) in [5.74, 6) is -1.49. The number of allylic oxidation sites excluding steroid dienone is 3. The van der Waals surface area contributed by atoms with Crippen molar-refractivity contribution < 1.29 is 46.5 Å². The molecule has 13 nitrogen and oxygen atoms in total. The highest BCUT2D eigenvalue weighted by Crippen LogP contribution is 2.57. The number of pyridine rings is 1. The van der Waals surface area contributed by atoms with E-state index >= 15 is 0 Å². The number of nitrogens with one attached hydrogen (secondary N) is 1. The average molecular weight is 778 g/mol. The number of aromatic nitrogens is 1. The van der Waals surface area contributed by atoms with Gasteiger partial charge in [0.25, 0.3) is 0 Å². The van der Waals surface area contributed by atoms with Crippen molar-refractivity contribution >= 4 is 50.6 Å². The smallest absolute Gasteiger partial charge is 0.306 e. The first-order valence-corrected chi connectivity index (χ1v) is 21.1. The lowest BCUT2D eigenvalue weighted by Crippen LogP contribution is -2.46. The van der Waals surface area contributed by atoms with Crippen LogP contribution in [0.5, 0.6) is 17.4 Å². The molecule has 6 atom stereocenters.